The molecular formula is C20H25F2N3O3. The van der Waals surface area contributed by atoms with Gasteiger partial charge >= 0.3 is 5.97 Å². The number of carbonyl (C=O) groups is 2. The van der Waals surface area contributed by atoms with Gasteiger partial charge < -0.3 is 10.1 Å². The van der Waals surface area contributed by atoms with Crippen molar-refractivity contribution in [1.29, 1.82) is 0 Å². The van der Waals surface area contributed by atoms with Gasteiger partial charge in [-0.2, -0.15) is 5.10 Å². The van der Waals surface area contributed by atoms with Gasteiger partial charge in [-0.25, -0.2) is 8.78 Å². The second kappa shape index (κ2) is 9.43. The molecule has 1 aromatic carbocycles. The van der Waals surface area contributed by atoms with E-state index in [0.717, 1.165) is 35.6 Å². The number of carbonyl (C=O) groups excluding carboxylic acids is 2. The van der Waals surface area contributed by atoms with E-state index in [4.69, 9.17) is 4.74 Å². The maximum absolute atomic E-state index is 13.1. The second-order valence-corrected chi connectivity index (χ2v) is 7.06. The molecule has 0 fully saturated rings. The van der Waals surface area contributed by atoms with Gasteiger partial charge in [-0.1, -0.05) is 13.8 Å². The first-order valence-corrected chi connectivity index (χ1v) is 9.10. The Morgan fingerprint density at radius 1 is 1.21 bits per heavy atom. The molecule has 1 amide bonds. The topological polar surface area (TPSA) is 73.2 Å². The number of amides is 1. The Kier molecular flexibility index (Phi) is 7.25. The van der Waals surface area contributed by atoms with Crippen molar-refractivity contribution < 1.29 is 23.1 Å². The Balaban J connectivity index is 1.82. The van der Waals surface area contributed by atoms with E-state index in [1.54, 1.807) is 0 Å². The number of hydrogen-bond acceptors (Lipinski definition) is 4. The van der Waals surface area contributed by atoms with Crippen LogP contribution in [0.15, 0.2) is 18.2 Å². The molecule has 2 rings (SSSR count). The number of nitrogens with zero attached hydrogens (tertiary/aromatic N) is 2. The smallest absolute Gasteiger partial charge is 0.306 e. The summed E-state index contributed by atoms with van der Waals surface area (Å²) in [4.78, 5) is 23.7. The molecule has 1 heterocycles. The normalized spacial score (nSPS) is 11.0. The molecule has 0 unspecified atom stereocenters. The maximum atomic E-state index is 13.1. The lowest BCUT2D eigenvalue weighted by atomic mass is 10.1. The van der Waals surface area contributed by atoms with E-state index in [2.05, 4.69) is 24.3 Å². The summed E-state index contributed by atoms with van der Waals surface area (Å²) in [6.07, 6.45) is 0.590. The lowest BCUT2D eigenvalue weighted by Gasteiger charge is -2.08. The molecule has 28 heavy (non-hydrogen) atoms. The summed E-state index contributed by atoms with van der Waals surface area (Å²) < 4.78 is 32.9. The van der Waals surface area contributed by atoms with Crippen LogP contribution in [0.5, 0.6) is 0 Å². The minimum Gasteiger partial charge on any atom is -0.456 e. The molecule has 0 bridgehead atoms. The van der Waals surface area contributed by atoms with E-state index in [1.807, 2.05) is 18.5 Å². The number of rotatable bonds is 8. The summed E-state index contributed by atoms with van der Waals surface area (Å²) in [7, 11) is 0. The molecule has 8 heteroatoms. The van der Waals surface area contributed by atoms with E-state index in [0.29, 0.717) is 12.3 Å². The molecule has 0 spiro atoms. The summed E-state index contributed by atoms with van der Waals surface area (Å²) in [6.45, 7) is 8.40. The van der Waals surface area contributed by atoms with Gasteiger partial charge in [0.15, 0.2) is 18.2 Å². The fourth-order valence-corrected chi connectivity index (χ4v) is 2.84. The van der Waals surface area contributed by atoms with E-state index in [1.165, 1.54) is 6.07 Å². The number of nitrogens with one attached hydrogen (secondary N) is 1. The largest absolute Gasteiger partial charge is 0.456 e. The minimum absolute atomic E-state index is 0.0868. The Labute approximate surface area is 162 Å². The summed E-state index contributed by atoms with van der Waals surface area (Å²) >= 11 is 0. The van der Waals surface area contributed by atoms with Gasteiger partial charge in [-0.05, 0) is 43.9 Å². The number of ether oxygens (including phenoxy) is 1. The van der Waals surface area contributed by atoms with Crippen LogP contribution in [0.1, 0.15) is 37.2 Å². The third kappa shape index (κ3) is 5.87. The van der Waals surface area contributed by atoms with Crippen LogP contribution < -0.4 is 5.32 Å². The summed E-state index contributed by atoms with van der Waals surface area (Å²) in [5.74, 6) is -2.76. The molecule has 0 radical (unpaired) electrons. The van der Waals surface area contributed by atoms with Crippen molar-refractivity contribution in [2.75, 3.05) is 11.9 Å². The third-order valence-corrected chi connectivity index (χ3v) is 4.22. The fraction of sp³-hybridized carbons (Fsp3) is 0.450. The van der Waals surface area contributed by atoms with E-state index in [-0.39, 0.29) is 12.1 Å². The number of aromatic nitrogens is 2. The molecule has 0 aliphatic rings. The summed E-state index contributed by atoms with van der Waals surface area (Å²) in [5.41, 5.74) is 2.99. The standard InChI is InChI=1S/C20H25F2N3O3/c1-12(2)10-25-14(4)16(13(3)24-25)6-8-20(27)28-11-19(26)23-15-5-7-17(21)18(22)9-15/h5,7,9,12H,6,8,10-11H2,1-4H3,(H,23,26). The first kappa shape index (κ1) is 21.5. The van der Waals surface area contributed by atoms with Crippen molar-refractivity contribution in [3.05, 3.63) is 46.8 Å². The molecule has 0 saturated heterocycles. The monoisotopic (exact) mass is 393 g/mol. The molecule has 6 nitrogen and oxygen atoms in total. The van der Waals surface area contributed by atoms with Crippen LogP contribution in [-0.4, -0.2) is 28.3 Å². The zero-order valence-electron chi connectivity index (χ0n) is 16.5. The summed E-state index contributed by atoms with van der Waals surface area (Å²) in [5, 5.41) is 6.85. The lowest BCUT2D eigenvalue weighted by Crippen LogP contribution is -2.21. The predicted octanol–water partition coefficient (Wildman–Crippen LogP) is 3.55. The van der Waals surface area contributed by atoms with Crippen LogP contribution in [0.2, 0.25) is 0 Å². The highest BCUT2D eigenvalue weighted by atomic mass is 19.2. The zero-order valence-corrected chi connectivity index (χ0v) is 16.5. The van der Waals surface area contributed by atoms with Gasteiger partial charge in [0.1, 0.15) is 0 Å². The van der Waals surface area contributed by atoms with Crippen molar-refractivity contribution in [3.8, 4) is 0 Å². The van der Waals surface area contributed by atoms with E-state index in [9.17, 15) is 18.4 Å². The first-order chi connectivity index (χ1) is 13.2. The van der Waals surface area contributed by atoms with Crippen LogP contribution >= 0.6 is 0 Å². The average molecular weight is 393 g/mol. The number of hydrogen-bond donors (Lipinski definition) is 1. The van der Waals surface area contributed by atoms with Crippen molar-refractivity contribution in [2.24, 2.45) is 5.92 Å². The quantitative estimate of drug-likeness (QED) is 0.696. The van der Waals surface area contributed by atoms with Crippen LogP contribution in [-0.2, 0) is 27.3 Å². The van der Waals surface area contributed by atoms with Gasteiger partial charge in [-0.3, -0.25) is 14.3 Å². The molecule has 0 aliphatic heterocycles. The van der Waals surface area contributed by atoms with Crippen LogP contribution in [0.3, 0.4) is 0 Å². The molecule has 0 atom stereocenters. The molecule has 152 valence electrons. The lowest BCUT2D eigenvalue weighted by molar-refractivity contribution is -0.147. The fourth-order valence-electron chi connectivity index (χ4n) is 2.84. The highest BCUT2D eigenvalue weighted by Crippen LogP contribution is 2.17. The molecule has 0 saturated carbocycles. The zero-order chi connectivity index (χ0) is 20.8. The van der Waals surface area contributed by atoms with Gasteiger partial charge in [-0.15, -0.1) is 0 Å². The summed E-state index contributed by atoms with van der Waals surface area (Å²) in [6, 6.07) is 2.98. The number of esters is 1. The SMILES string of the molecule is Cc1nn(CC(C)C)c(C)c1CCC(=O)OCC(=O)Nc1ccc(F)c(F)c1. The number of benzene rings is 1. The Hall–Kier alpha value is -2.77. The number of anilines is 1. The van der Waals surface area contributed by atoms with E-state index < -0.39 is 30.1 Å². The molecule has 0 aliphatic carbocycles. The van der Waals surface area contributed by atoms with Gasteiger partial charge in [0.2, 0.25) is 0 Å². The predicted molar refractivity (Wildman–Crippen MR) is 101 cm³/mol. The maximum Gasteiger partial charge on any atom is 0.306 e. The van der Waals surface area contributed by atoms with Gasteiger partial charge in [0.25, 0.3) is 5.91 Å². The Bertz CT molecular complexity index is 863. The van der Waals surface area contributed by atoms with Crippen molar-refractivity contribution in [3.63, 3.8) is 0 Å². The molecule has 1 aromatic heterocycles. The second-order valence-electron chi connectivity index (χ2n) is 7.06. The third-order valence-electron chi connectivity index (χ3n) is 4.22. The number of aryl methyl sites for hydroxylation is 1. The highest BCUT2D eigenvalue weighted by Gasteiger charge is 2.15. The van der Waals surface area contributed by atoms with Crippen LogP contribution in [0.4, 0.5) is 14.5 Å². The number of halogens is 2. The van der Waals surface area contributed by atoms with Gasteiger partial charge in [0.05, 0.1) is 5.69 Å². The van der Waals surface area contributed by atoms with Gasteiger partial charge in [0, 0.05) is 30.4 Å². The van der Waals surface area contributed by atoms with Crippen molar-refractivity contribution in [1.82, 2.24) is 9.78 Å². The molecular weight excluding hydrogens is 368 g/mol. The Morgan fingerprint density at radius 2 is 1.93 bits per heavy atom. The van der Waals surface area contributed by atoms with Crippen LogP contribution in [0.25, 0.3) is 0 Å². The van der Waals surface area contributed by atoms with Crippen molar-refractivity contribution >= 4 is 17.6 Å². The Morgan fingerprint density at radius 3 is 2.57 bits per heavy atom. The molecule has 2 aromatic rings. The minimum atomic E-state index is -1.07. The average Bonchev–Trinajstić information content (AvgIpc) is 2.87. The highest BCUT2D eigenvalue weighted by molar-refractivity contribution is 5.92. The van der Waals surface area contributed by atoms with E-state index >= 15 is 0 Å². The molecule has 1 N–H and O–H groups in total. The first-order valence-electron chi connectivity index (χ1n) is 9.10. The van der Waals surface area contributed by atoms with Crippen LogP contribution in [0, 0.1) is 31.4 Å². The van der Waals surface area contributed by atoms with Crippen molar-refractivity contribution in [2.45, 2.75) is 47.1 Å².